The van der Waals surface area contributed by atoms with Gasteiger partial charge in [0.25, 0.3) is 0 Å². The number of carbonyl (C=O) groups is 5. The maximum absolute atomic E-state index is 11.4. The summed E-state index contributed by atoms with van der Waals surface area (Å²) in [5.41, 5.74) is 0.302. The summed E-state index contributed by atoms with van der Waals surface area (Å²) >= 11 is 0. The summed E-state index contributed by atoms with van der Waals surface area (Å²) in [4.78, 5) is 54.8. The molecule has 0 aliphatic heterocycles. The minimum absolute atomic E-state index is 0. The Morgan fingerprint density at radius 2 is 0.735 bits per heavy atom. The number of rotatable bonds is 16. The molecular weight excluding hydrogens is 698 g/mol. The third kappa shape index (κ3) is 11.9. The Kier molecular flexibility index (Phi) is 16.3. The van der Waals surface area contributed by atoms with Gasteiger partial charge < -0.3 is 44.7 Å². The van der Waals surface area contributed by atoms with Crippen molar-refractivity contribution in [1.82, 2.24) is 9.80 Å². The van der Waals surface area contributed by atoms with Crippen LogP contribution in [0.5, 0.6) is 0 Å². The van der Waals surface area contributed by atoms with Gasteiger partial charge in [-0.3, -0.25) is 9.80 Å². The Labute approximate surface area is 293 Å². The van der Waals surface area contributed by atoms with Gasteiger partial charge in [0, 0.05) is 39.3 Å². The van der Waals surface area contributed by atoms with E-state index in [0.29, 0.717) is 5.56 Å². The van der Waals surface area contributed by atoms with Crippen LogP contribution in [0.15, 0.2) is 115 Å². The van der Waals surface area contributed by atoms with E-state index in [1.807, 2.05) is 30.3 Å². The van der Waals surface area contributed by atoms with E-state index < -0.39 is 63.3 Å². The molecule has 0 spiro atoms. The number of carboxylic acid groups (broad SMARTS) is 5. The second-order valence-electron chi connectivity index (χ2n) is 10.4. The van der Waals surface area contributed by atoms with Crippen molar-refractivity contribution in [3.05, 3.63) is 121 Å². The first-order chi connectivity index (χ1) is 22.9. The maximum atomic E-state index is 11.4. The van der Waals surface area contributed by atoms with E-state index in [-0.39, 0.29) is 29.9 Å². The largest absolute Gasteiger partial charge is 3.00 e. The number of hydrogen-bond donors (Lipinski definition) is 1. The van der Waals surface area contributed by atoms with Crippen molar-refractivity contribution >= 4 is 58.3 Å². The molecule has 0 aliphatic carbocycles. The van der Waals surface area contributed by atoms with Crippen LogP contribution in [0, 0.1) is 0 Å². The van der Waals surface area contributed by atoms with Gasteiger partial charge in [0.1, 0.15) is 28.5 Å². The van der Waals surface area contributed by atoms with E-state index in [1.165, 1.54) is 15.9 Å². The van der Waals surface area contributed by atoms with Crippen LogP contribution in [-0.2, 0) is 36.0 Å². The van der Waals surface area contributed by atoms with Crippen molar-refractivity contribution in [2.45, 2.75) is 0 Å². The van der Waals surface area contributed by atoms with Crippen LogP contribution < -0.4 is 41.6 Å². The SMILES string of the molecule is O=C(O)c1ccc([P+](c2ccccc2)(c2ccccc2)c2ccccc2)cc1.O=C([O-])CN(CCN(CC(=O)[O-])CC(=O)[O-])CC(=O)[O-].[Co+3]. The number of nitrogens with zero attached hydrogens (tertiary/aromatic N) is 2. The van der Waals surface area contributed by atoms with E-state index in [4.69, 9.17) is 0 Å². The van der Waals surface area contributed by atoms with Gasteiger partial charge in [-0.2, -0.15) is 0 Å². The molecule has 0 atom stereocenters. The van der Waals surface area contributed by atoms with Crippen molar-refractivity contribution in [3.8, 4) is 0 Å². The summed E-state index contributed by atoms with van der Waals surface area (Å²) in [6.45, 7) is -3.25. The number of hydrogen-bond acceptors (Lipinski definition) is 11. The molecule has 0 aromatic heterocycles. The molecule has 4 aromatic rings. The van der Waals surface area contributed by atoms with Crippen LogP contribution in [0.4, 0.5) is 0 Å². The van der Waals surface area contributed by atoms with Crippen molar-refractivity contribution < 1.29 is 66.3 Å². The molecule has 14 heteroatoms. The van der Waals surface area contributed by atoms with Gasteiger partial charge in [0.15, 0.2) is 0 Å². The Balaban J connectivity index is 0.000000355. The van der Waals surface area contributed by atoms with Gasteiger partial charge in [-0.25, -0.2) is 4.79 Å². The van der Waals surface area contributed by atoms with Crippen molar-refractivity contribution in [1.29, 1.82) is 0 Å². The van der Waals surface area contributed by atoms with Crippen LogP contribution >= 0.6 is 7.26 Å². The topological polar surface area (TPSA) is 204 Å². The van der Waals surface area contributed by atoms with Crippen molar-refractivity contribution in [2.24, 2.45) is 0 Å². The number of benzene rings is 4. The average molecular weight is 731 g/mol. The Bertz CT molecular complexity index is 1510. The number of aliphatic carboxylic acids is 4. The Morgan fingerprint density at radius 1 is 0.469 bits per heavy atom. The predicted octanol–water partition coefficient (Wildman–Crippen LogP) is -3.41. The fraction of sp³-hybridized carbons (Fsp3) is 0.171. The standard InChI is InChI=1S/C25H19O2P.C10H16N2O8.Co/c26-25(27)20-16-18-24(19-17-20)28(21-10-4-1-5-11-21,22-12-6-2-7-13-22)23-14-8-3-9-15-23;13-7(14)3-11(4-8(15)16)1-2-12(5-9(17)18)6-10(19)20;/h1-19H;1-6H2,(H,13,14)(H,15,16)(H,17,18)(H,19,20);/q;;+3/p-3. The fourth-order valence-electron chi connectivity index (χ4n) is 5.12. The van der Waals surface area contributed by atoms with Gasteiger partial charge in [0.2, 0.25) is 0 Å². The fourth-order valence-corrected chi connectivity index (χ4v) is 9.36. The molecule has 49 heavy (non-hydrogen) atoms. The second-order valence-corrected chi connectivity index (χ2v) is 13.8. The van der Waals surface area contributed by atoms with Crippen molar-refractivity contribution in [3.63, 3.8) is 0 Å². The number of carbonyl (C=O) groups excluding carboxylic acids is 4. The zero-order valence-corrected chi connectivity index (χ0v) is 27.9. The normalized spacial score (nSPS) is 10.7. The van der Waals surface area contributed by atoms with E-state index in [1.54, 1.807) is 12.1 Å². The summed E-state index contributed by atoms with van der Waals surface area (Å²) < 4.78 is 0. The van der Waals surface area contributed by atoms with E-state index in [2.05, 4.69) is 72.8 Å². The molecule has 0 fully saturated rings. The first-order valence-corrected chi connectivity index (χ1v) is 16.4. The Hall–Kier alpha value is -4.91. The molecule has 0 bridgehead atoms. The summed E-state index contributed by atoms with van der Waals surface area (Å²) in [6.07, 6.45) is 0. The zero-order chi connectivity index (χ0) is 35.1. The smallest absolute Gasteiger partial charge is 0.549 e. The molecule has 12 nitrogen and oxygen atoms in total. The third-order valence-electron chi connectivity index (χ3n) is 7.08. The van der Waals surface area contributed by atoms with E-state index in [9.17, 15) is 49.5 Å². The summed E-state index contributed by atoms with van der Waals surface area (Å²) in [5, 5.41) is 55.8. The summed E-state index contributed by atoms with van der Waals surface area (Å²) in [6, 6.07) is 39.0. The Morgan fingerprint density at radius 3 is 0.980 bits per heavy atom. The summed E-state index contributed by atoms with van der Waals surface area (Å²) in [5.74, 6) is -7.03. The molecule has 0 radical (unpaired) electrons. The minimum atomic E-state index is -2.15. The first kappa shape index (κ1) is 40.3. The predicted molar refractivity (Wildman–Crippen MR) is 171 cm³/mol. The number of aromatic carboxylic acids is 1. The summed E-state index contributed by atoms with van der Waals surface area (Å²) in [7, 11) is -2.15. The molecule has 0 amide bonds. The molecule has 0 saturated heterocycles. The van der Waals surface area contributed by atoms with Crippen LogP contribution in [0.3, 0.4) is 0 Å². The van der Waals surface area contributed by atoms with Crippen molar-refractivity contribution in [2.75, 3.05) is 39.3 Å². The first-order valence-electron chi connectivity index (χ1n) is 14.6. The monoisotopic (exact) mass is 730 g/mol. The van der Waals surface area contributed by atoms with Gasteiger partial charge in [0.05, 0.1) is 29.4 Å². The molecule has 0 saturated carbocycles. The number of carboxylic acids is 5. The second kappa shape index (κ2) is 19.8. The van der Waals surface area contributed by atoms with Crippen LogP contribution in [-0.4, -0.2) is 84.0 Å². The quantitative estimate of drug-likeness (QED) is 0.112. The van der Waals surface area contributed by atoms with Gasteiger partial charge in [-0.15, -0.1) is 0 Å². The molecule has 4 aromatic carbocycles. The third-order valence-corrected chi connectivity index (χ3v) is 11.4. The van der Waals surface area contributed by atoms with E-state index in [0.717, 1.165) is 15.1 Å². The molecule has 0 aliphatic rings. The molecular formula is C35H32CoN2O10P. The van der Waals surface area contributed by atoms with Crippen LogP contribution in [0.1, 0.15) is 10.4 Å². The van der Waals surface area contributed by atoms with Crippen LogP contribution in [0.25, 0.3) is 0 Å². The van der Waals surface area contributed by atoms with Crippen LogP contribution in [0.2, 0.25) is 0 Å². The maximum Gasteiger partial charge on any atom is 3.00 e. The zero-order valence-electron chi connectivity index (χ0n) is 26.0. The molecule has 0 unspecified atom stereocenters. The minimum Gasteiger partial charge on any atom is -0.549 e. The van der Waals surface area contributed by atoms with E-state index >= 15 is 0 Å². The average Bonchev–Trinajstić information content (AvgIpc) is 3.05. The van der Waals surface area contributed by atoms with Gasteiger partial charge in [-0.1, -0.05) is 54.6 Å². The van der Waals surface area contributed by atoms with Gasteiger partial charge in [-0.05, 0) is 60.7 Å². The van der Waals surface area contributed by atoms with Gasteiger partial charge >= 0.3 is 22.7 Å². The molecule has 0 heterocycles. The molecule has 256 valence electrons. The molecule has 1 N–H and O–H groups in total. The molecule has 4 rings (SSSR count).